The quantitative estimate of drug-likeness (QED) is 0.412. The van der Waals surface area contributed by atoms with Crippen LogP contribution in [0.4, 0.5) is 0 Å². The van der Waals surface area contributed by atoms with Crippen molar-refractivity contribution < 1.29 is 35.4 Å². The standard InChI is InChI=1S/C9H10O2.C5H12O5/c1-6-4-3-5-8(7(6)2)9(10)11;6-1-3(8)5(10)4(9)2-7/h3-5H,1-2H3,(H,10,11);3-10H,1-2H2/t;3-,4+,5?. The number of carbonyl (C=O) groups is 1. The van der Waals surface area contributed by atoms with Crippen LogP contribution in [0.5, 0.6) is 0 Å². The minimum atomic E-state index is -1.49. The maximum atomic E-state index is 10.6. The van der Waals surface area contributed by atoms with Gasteiger partial charge >= 0.3 is 5.97 Å². The van der Waals surface area contributed by atoms with Crippen molar-refractivity contribution in [1.82, 2.24) is 0 Å². The van der Waals surface area contributed by atoms with E-state index in [1.54, 1.807) is 12.1 Å². The zero-order valence-corrected chi connectivity index (χ0v) is 12.0. The van der Waals surface area contributed by atoms with Gasteiger partial charge in [0, 0.05) is 0 Å². The molecule has 0 amide bonds. The van der Waals surface area contributed by atoms with E-state index in [2.05, 4.69) is 0 Å². The molecule has 0 radical (unpaired) electrons. The second-order valence-corrected chi connectivity index (χ2v) is 4.54. The summed E-state index contributed by atoms with van der Waals surface area (Å²) < 4.78 is 0. The van der Waals surface area contributed by atoms with Gasteiger partial charge in [0.2, 0.25) is 0 Å². The van der Waals surface area contributed by atoms with Crippen molar-refractivity contribution in [1.29, 1.82) is 0 Å². The summed E-state index contributed by atoms with van der Waals surface area (Å²) in [6.07, 6.45) is -4.29. The molecule has 0 spiro atoms. The summed E-state index contributed by atoms with van der Waals surface area (Å²) in [6.45, 7) is 2.44. The molecule has 7 heteroatoms. The van der Waals surface area contributed by atoms with E-state index in [0.717, 1.165) is 11.1 Å². The minimum absolute atomic E-state index is 0.394. The van der Waals surface area contributed by atoms with Gasteiger partial charge in [0.1, 0.15) is 18.3 Å². The van der Waals surface area contributed by atoms with Gasteiger partial charge in [-0.3, -0.25) is 0 Å². The first-order valence-electron chi connectivity index (χ1n) is 6.31. The van der Waals surface area contributed by atoms with Crippen LogP contribution in [-0.2, 0) is 0 Å². The largest absolute Gasteiger partial charge is 0.478 e. The fraction of sp³-hybridized carbons (Fsp3) is 0.500. The molecule has 0 heterocycles. The first-order chi connectivity index (χ1) is 9.76. The summed E-state index contributed by atoms with van der Waals surface area (Å²) in [4.78, 5) is 10.6. The Labute approximate surface area is 122 Å². The molecular weight excluding hydrogens is 280 g/mol. The maximum absolute atomic E-state index is 10.6. The highest BCUT2D eigenvalue weighted by Crippen LogP contribution is 2.11. The molecule has 120 valence electrons. The molecule has 0 saturated carbocycles. The summed E-state index contributed by atoms with van der Waals surface area (Å²) in [5, 5.41) is 51.3. The van der Waals surface area contributed by atoms with E-state index in [4.69, 9.17) is 30.6 Å². The number of aliphatic hydroxyl groups excluding tert-OH is 5. The van der Waals surface area contributed by atoms with E-state index in [0.29, 0.717) is 5.56 Å². The lowest BCUT2D eigenvalue weighted by Crippen LogP contribution is -2.41. The summed E-state index contributed by atoms with van der Waals surface area (Å²) in [5.41, 5.74) is 2.26. The molecule has 1 aromatic carbocycles. The van der Waals surface area contributed by atoms with Crippen molar-refractivity contribution in [3.05, 3.63) is 34.9 Å². The van der Waals surface area contributed by atoms with Crippen LogP contribution in [0.2, 0.25) is 0 Å². The average molecular weight is 302 g/mol. The number of aliphatic hydroxyl groups is 5. The number of aryl methyl sites for hydroxylation is 1. The van der Waals surface area contributed by atoms with Gasteiger partial charge in [0.05, 0.1) is 18.8 Å². The Kier molecular flexibility index (Phi) is 8.75. The number of benzene rings is 1. The highest BCUT2D eigenvalue weighted by Gasteiger charge is 2.22. The molecule has 1 unspecified atom stereocenters. The van der Waals surface area contributed by atoms with Gasteiger partial charge in [0.25, 0.3) is 0 Å². The summed E-state index contributed by atoms with van der Waals surface area (Å²) in [7, 11) is 0. The van der Waals surface area contributed by atoms with E-state index in [1.807, 2.05) is 19.9 Å². The Hall–Kier alpha value is -1.51. The van der Waals surface area contributed by atoms with Crippen LogP contribution < -0.4 is 0 Å². The van der Waals surface area contributed by atoms with Gasteiger partial charge in [-0.05, 0) is 31.0 Å². The first-order valence-corrected chi connectivity index (χ1v) is 6.31. The molecule has 21 heavy (non-hydrogen) atoms. The van der Waals surface area contributed by atoms with Gasteiger partial charge < -0.3 is 30.6 Å². The molecular formula is C14H22O7. The number of hydrogen-bond acceptors (Lipinski definition) is 6. The van der Waals surface area contributed by atoms with Crippen LogP contribution >= 0.6 is 0 Å². The molecule has 0 fully saturated rings. The molecule has 7 nitrogen and oxygen atoms in total. The monoisotopic (exact) mass is 302 g/mol. The Balaban J connectivity index is 0.000000384. The topological polar surface area (TPSA) is 138 Å². The Morgan fingerprint density at radius 3 is 1.86 bits per heavy atom. The second kappa shape index (κ2) is 9.43. The number of hydrogen-bond donors (Lipinski definition) is 6. The molecule has 0 aliphatic heterocycles. The molecule has 0 aromatic heterocycles. The van der Waals surface area contributed by atoms with Crippen molar-refractivity contribution in [2.75, 3.05) is 13.2 Å². The molecule has 6 N–H and O–H groups in total. The van der Waals surface area contributed by atoms with Crippen LogP contribution in [0, 0.1) is 13.8 Å². The molecule has 0 bridgehead atoms. The molecule has 3 atom stereocenters. The highest BCUT2D eigenvalue weighted by atomic mass is 16.4. The molecule has 1 rings (SSSR count). The number of carboxylic acids is 1. The molecule has 0 saturated heterocycles. The Morgan fingerprint density at radius 1 is 1.05 bits per heavy atom. The van der Waals surface area contributed by atoms with Gasteiger partial charge in [-0.25, -0.2) is 4.79 Å². The van der Waals surface area contributed by atoms with Crippen LogP contribution in [0.1, 0.15) is 21.5 Å². The minimum Gasteiger partial charge on any atom is -0.478 e. The van der Waals surface area contributed by atoms with Gasteiger partial charge in [0.15, 0.2) is 0 Å². The van der Waals surface area contributed by atoms with E-state index < -0.39 is 37.5 Å². The zero-order chi connectivity index (χ0) is 16.6. The van der Waals surface area contributed by atoms with Crippen molar-refractivity contribution in [3.63, 3.8) is 0 Å². The van der Waals surface area contributed by atoms with Crippen LogP contribution in [0.15, 0.2) is 18.2 Å². The third-order valence-electron chi connectivity index (χ3n) is 3.00. The van der Waals surface area contributed by atoms with E-state index >= 15 is 0 Å². The SMILES string of the molecule is Cc1cccc(C(=O)O)c1C.OC[C@@H](O)C(O)[C@@H](O)CO. The van der Waals surface area contributed by atoms with Crippen molar-refractivity contribution in [2.24, 2.45) is 0 Å². The van der Waals surface area contributed by atoms with E-state index in [9.17, 15) is 4.79 Å². The van der Waals surface area contributed by atoms with Crippen LogP contribution in [0.3, 0.4) is 0 Å². The molecule has 1 aromatic rings. The smallest absolute Gasteiger partial charge is 0.335 e. The van der Waals surface area contributed by atoms with Crippen LogP contribution in [-0.4, -0.2) is 68.1 Å². The fourth-order valence-corrected chi connectivity index (χ4v) is 1.46. The molecule has 0 aliphatic rings. The van der Waals surface area contributed by atoms with Gasteiger partial charge in [-0.2, -0.15) is 0 Å². The normalized spacial score (nSPS) is 14.6. The lowest BCUT2D eigenvalue weighted by molar-refractivity contribution is -0.0900. The van der Waals surface area contributed by atoms with Crippen molar-refractivity contribution in [3.8, 4) is 0 Å². The predicted octanol–water partition coefficient (Wildman–Crippen LogP) is -0.945. The Bertz CT molecular complexity index is 437. The number of carboxylic acid groups (broad SMARTS) is 1. The van der Waals surface area contributed by atoms with Crippen molar-refractivity contribution >= 4 is 5.97 Å². The maximum Gasteiger partial charge on any atom is 0.335 e. The zero-order valence-electron chi connectivity index (χ0n) is 12.0. The van der Waals surface area contributed by atoms with Gasteiger partial charge in [-0.15, -0.1) is 0 Å². The lowest BCUT2D eigenvalue weighted by atomic mass is 10.0. The summed E-state index contributed by atoms with van der Waals surface area (Å²) >= 11 is 0. The third kappa shape index (κ3) is 6.19. The first kappa shape index (κ1) is 19.5. The predicted molar refractivity (Wildman–Crippen MR) is 75.1 cm³/mol. The van der Waals surface area contributed by atoms with E-state index in [1.165, 1.54) is 0 Å². The third-order valence-corrected chi connectivity index (χ3v) is 3.00. The molecule has 0 aliphatic carbocycles. The number of aromatic carboxylic acids is 1. The number of rotatable bonds is 5. The van der Waals surface area contributed by atoms with Gasteiger partial charge in [-0.1, -0.05) is 12.1 Å². The fourth-order valence-electron chi connectivity index (χ4n) is 1.46. The van der Waals surface area contributed by atoms with E-state index in [-0.39, 0.29) is 0 Å². The highest BCUT2D eigenvalue weighted by molar-refractivity contribution is 5.89. The lowest BCUT2D eigenvalue weighted by Gasteiger charge is -2.19. The second-order valence-electron chi connectivity index (χ2n) is 4.54. The summed E-state index contributed by atoms with van der Waals surface area (Å²) in [5.74, 6) is -0.855. The summed E-state index contributed by atoms with van der Waals surface area (Å²) in [6, 6.07) is 5.28. The van der Waals surface area contributed by atoms with Crippen molar-refractivity contribution in [2.45, 2.75) is 32.2 Å². The van der Waals surface area contributed by atoms with Crippen LogP contribution in [0.25, 0.3) is 0 Å². The Morgan fingerprint density at radius 2 is 1.52 bits per heavy atom. The average Bonchev–Trinajstić information content (AvgIpc) is 2.47.